The topological polar surface area (TPSA) is 42.7 Å². The first-order chi connectivity index (χ1) is 9.38. The lowest BCUT2D eigenvalue weighted by atomic mass is 10.0. The Morgan fingerprint density at radius 2 is 1.89 bits per heavy atom. The Balaban J connectivity index is 1.50. The molecule has 3 saturated carbocycles. The first-order valence-electron chi connectivity index (χ1n) is 8.05. The summed E-state index contributed by atoms with van der Waals surface area (Å²) in [5.74, 6) is 7.29. The second-order valence-electron chi connectivity index (χ2n) is 7.00. The zero-order valence-electron chi connectivity index (χ0n) is 11.5. The maximum Gasteiger partial charge on any atom is 0.150 e. The Morgan fingerprint density at radius 3 is 2.63 bits per heavy atom. The summed E-state index contributed by atoms with van der Waals surface area (Å²) in [6, 6.07) is 0.422. The average molecular weight is 258 g/mol. The highest BCUT2D eigenvalue weighted by Crippen LogP contribution is 2.72. The van der Waals surface area contributed by atoms with Crippen LogP contribution in [0.4, 0.5) is 0 Å². The molecule has 3 aliphatic carbocycles. The van der Waals surface area contributed by atoms with Crippen LogP contribution >= 0.6 is 0 Å². The molecular weight excluding hydrogens is 236 g/mol. The van der Waals surface area contributed by atoms with Gasteiger partial charge in [-0.1, -0.05) is 6.92 Å². The van der Waals surface area contributed by atoms with Crippen LogP contribution in [0.25, 0.3) is 0 Å². The molecule has 4 nitrogen and oxygen atoms in total. The molecule has 102 valence electrons. The molecule has 1 aromatic rings. The number of nitrogens with zero attached hydrogens (tertiary/aromatic N) is 3. The van der Waals surface area contributed by atoms with E-state index in [1.165, 1.54) is 30.9 Å². The largest absolute Gasteiger partial charge is 0.312 e. The van der Waals surface area contributed by atoms with Crippen LogP contribution in [0.15, 0.2) is 0 Å². The number of hydrogen-bond donors (Lipinski definition) is 1. The van der Waals surface area contributed by atoms with Crippen LogP contribution in [0.2, 0.25) is 0 Å². The molecule has 4 heteroatoms. The van der Waals surface area contributed by atoms with E-state index in [-0.39, 0.29) is 0 Å². The predicted octanol–water partition coefficient (Wildman–Crippen LogP) is 2.09. The molecule has 2 heterocycles. The fourth-order valence-electron chi connectivity index (χ4n) is 5.50. The van der Waals surface area contributed by atoms with Crippen LogP contribution in [-0.4, -0.2) is 21.3 Å². The van der Waals surface area contributed by atoms with E-state index in [2.05, 4.69) is 27.0 Å². The molecule has 0 amide bonds. The van der Waals surface area contributed by atoms with Crippen LogP contribution < -0.4 is 5.32 Å². The minimum absolute atomic E-state index is 0.422. The molecule has 3 fully saturated rings. The zero-order chi connectivity index (χ0) is 12.6. The highest BCUT2D eigenvalue weighted by Gasteiger charge is 2.66. The number of nitrogens with one attached hydrogen (secondary N) is 1. The van der Waals surface area contributed by atoms with Gasteiger partial charge in [-0.15, -0.1) is 10.2 Å². The Kier molecular flexibility index (Phi) is 2.05. The summed E-state index contributed by atoms with van der Waals surface area (Å²) in [4.78, 5) is 0. The van der Waals surface area contributed by atoms with Crippen molar-refractivity contribution in [1.82, 2.24) is 20.1 Å². The van der Waals surface area contributed by atoms with Gasteiger partial charge in [0.05, 0.1) is 6.04 Å². The van der Waals surface area contributed by atoms with Gasteiger partial charge < -0.3 is 9.88 Å². The van der Waals surface area contributed by atoms with E-state index < -0.39 is 0 Å². The van der Waals surface area contributed by atoms with Crippen molar-refractivity contribution in [3.05, 3.63) is 11.6 Å². The van der Waals surface area contributed by atoms with Crippen LogP contribution in [0.5, 0.6) is 0 Å². The second-order valence-corrected chi connectivity index (χ2v) is 7.00. The van der Waals surface area contributed by atoms with E-state index in [9.17, 15) is 0 Å². The van der Waals surface area contributed by atoms with Gasteiger partial charge in [0.25, 0.3) is 0 Å². The maximum absolute atomic E-state index is 4.61. The third-order valence-electron chi connectivity index (χ3n) is 6.29. The van der Waals surface area contributed by atoms with Crippen LogP contribution in [-0.2, 0) is 6.54 Å². The summed E-state index contributed by atoms with van der Waals surface area (Å²) in [6.45, 7) is 4.37. The summed E-state index contributed by atoms with van der Waals surface area (Å²) in [6.07, 6.45) is 5.61. The predicted molar refractivity (Wildman–Crippen MR) is 71.6 cm³/mol. The number of hydrogen-bond acceptors (Lipinski definition) is 3. The first kappa shape index (κ1) is 10.8. The van der Waals surface area contributed by atoms with E-state index in [4.69, 9.17) is 0 Å². The van der Waals surface area contributed by atoms with Gasteiger partial charge in [-0.2, -0.15) is 0 Å². The minimum Gasteiger partial charge on any atom is -0.312 e. The highest BCUT2D eigenvalue weighted by molar-refractivity contribution is 5.25. The van der Waals surface area contributed by atoms with Crippen molar-refractivity contribution in [1.29, 1.82) is 0 Å². The highest BCUT2D eigenvalue weighted by atomic mass is 15.3. The molecule has 5 unspecified atom stereocenters. The van der Waals surface area contributed by atoms with Gasteiger partial charge in [-0.05, 0) is 49.4 Å². The minimum atomic E-state index is 0.422. The van der Waals surface area contributed by atoms with Crippen molar-refractivity contribution in [2.24, 2.45) is 23.7 Å². The van der Waals surface area contributed by atoms with E-state index in [0.29, 0.717) is 6.04 Å². The molecule has 0 radical (unpaired) electrons. The van der Waals surface area contributed by atoms with Gasteiger partial charge in [0.1, 0.15) is 11.6 Å². The lowest BCUT2D eigenvalue weighted by Crippen LogP contribution is -2.34. The zero-order valence-corrected chi connectivity index (χ0v) is 11.5. The molecule has 4 aliphatic rings. The van der Waals surface area contributed by atoms with Gasteiger partial charge in [0, 0.05) is 19.0 Å². The molecule has 0 aromatic carbocycles. The van der Waals surface area contributed by atoms with E-state index in [1.807, 2.05) is 0 Å². The maximum atomic E-state index is 4.61. The summed E-state index contributed by atoms with van der Waals surface area (Å²) in [5, 5.41) is 12.7. The molecular formula is C15H22N4. The molecule has 5 atom stereocenters. The smallest absolute Gasteiger partial charge is 0.150 e. The summed E-state index contributed by atoms with van der Waals surface area (Å²) < 4.78 is 2.45. The summed E-state index contributed by atoms with van der Waals surface area (Å²) in [5.41, 5.74) is 0. The molecule has 2 bridgehead atoms. The van der Waals surface area contributed by atoms with Gasteiger partial charge in [-0.25, -0.2) is 0 Å². The normalized spacial score (nSPS) is 46.2. The fourth-order valence-corrected chi connectivity index (χ4v) is 5.50. The quantitative estimate of drug-likeness (QED) is 0.883. The first-order valence-corrected chi connectivity index (χ1v) is 8.05. The van der Waals surface area contributed by atoms with Crippen molar-refractivity contribution in [3.8, 4) is 0 Å². The summed E-state index contributed by atoms with van der Waals surface area (Å²) in [7, 11) is 0. The number of aromatic nitrogens is 3. The molecule has 0 spiro atoms. The van der Waals surface area contributed by atoms with Crippen molar-refractivity contribution in [2.75, 3.05) is 6.54 Å². The van der Waals surface area contributed by atoms with Crippen LogP contribution in [0, 0.1) is 23.7 Å². The van der Waals surface area contributed by atoms with Gasteiger partial charge in [0.2, 0.25) is 0 Å². The van der Waals surface area contributed by atoms with Crippen LogP contribution in [0.3, 0.4) is 0 Å². The molecule has 1 aliphatic heterocycles. The van der Waals surface area contributed by atoms with Crippen LogP contribution in [0.1, 0.15) is 56.2 Å². The Bertz CT molecular complexity index is 506. The van der Waals surface area contributed by atoms with Crippen molar-refractivity contribution in [3.63, 3.8) is 0 Å². The number of fused-ring (bicyclic) bond motifs is 6. The second kappa shape index (κ2) is 3.60. The standard InChI is InChI=1S/C15H22N4/c1-2-10-14-17-18-15(19(14)6-5-16-10)13-11-8-3-4-9(7-8)12(11)13/h8-13,16H,2-7H2,1H3. The lowest BCUT2D eigenvalue weighted by molar-refractivity contribution is 0.394. The van der Waals surface area contributed by atoms with E-state index >= 15 is 0 Å². The molecule has 19 heavy (non-hydrogen) atoms. The Hall–Kier alpha value is -0.900. The van der Waals surface area contributed by atoms with Crippen molar-refractivity contribution < 1.29 is 0 Å². The van der Waals surface area contributed by atoms with Crippen molar-refractivity contribution >= 4 is 0 Å². The third-order valence-corrected chi connectivity index (χ3v) is 6.29. The average Bonchev–Trinajstić information content (AvgIpc) is 2.85. The van der Waals surface area contributed by atoms with E-state index in [0.717, 1.165) is 49.1 Å². The third kappa shape index (κ3) is 1.28. The fraction of sp³-hybridized carbons (Fsp3) is 0.867. The molecule has 5 rings (SSSR count). The molecule has 0 saturated heterocycles. The van der Waals surface area contributed by atoms with Gasteiger partial charge in [-0.3, -0.25) is 0 Å². The molecule has 1 N–H and O–H groups in total. The lowest BCUT2D eigenvalue weighted by Gasteiger charge is -2.24. The van der Waals surface area contributed by atoms with Crippen molar-refractivity contribution in [2.45, 2.75) is 51.1 Å². The monoisotopic (exact) mass is 258 g/mol. The van der Waals surface area contributed by atoms with Gasteiger partial charge >= 0.3 is 0 Å². The SMILES string of the molecule is CCC1NCCn2c1nnc2C1C2C3CCC(C3)C12. The molecule has 1 aromatic heterocycles. The Labute approximate surface area is 114 Å². The van der Waals surface area contributed by atoms with Gasteiger partial charge in [0.15, 0.2) is 0 Å². The summed E-state index contributed by atoms with van der Waals surface area (Å²) >= 11 is 0. The Morgan fingerprint density at radius 1 is 1.16 bits per heavy atom. The van der Waals surface area contributed by atoms with E-state index in [1.54, 1.807) is 0 Å². The number of rotatable bonds is 2.